The van der Waals surface area contributed by atoms with Crippen LogP contribution in [0, 0.1) is 19.7 Å². The molecular formula is C12H13FN2S. The summed E-state index contributed by atoms with van der Waals surface area (Å²) in [6, 6.07) is 5.04. The molecule has 0 unspecified atom stereocenters. The smallest absolute Gasteiger partial charge is 0.146 e. The Morgan fingerprint density at radius 1 is 1.38 bits per heavy atom. The molecule has 1 N–H and O–H groups in total. The van der Waals surface area contributed by atoms with Crippen molar-refractivity contribution in [2.24, 2.45) is 0 Å². The van der Waals surface area contributed by atoms with Crippen molar-refractivity contribution in [1.29, 1.82) is 0 Å². The Morgan fingerprint density at radius 2 is 2.19 bits per heavy atom. The Labute approximate surface area is 98.2 Å². The van der Waals surface area contributed by atoms with Crippen LogP contribution in [-0.2, 0) is 6.54 Å². The van der Waals surface area contributed by atoms with Crippen LogP contribution in [0.1, 0.15) is 16.3 Å². The van der Waals surface area contributed by atoms with Gasteiger partial charge in [-0.25, -0.2) is 9.37 Å². The molecule has 16 heavy (non-hydrogen) atoms. The van der Waals surface area contributed by atoms with Gasteiger partial charge in [0.2, 0.25) is 0 Å². The van der Waals surface area contributed by atoms with Gasteiger partial charge in [0.15, 0.2) is 0 Å². The lowest BCUT2D eigenvalue weighted by atomic mass is 10.2. The third-order valence-electron chi connectivity index (χ3n) is 2.22. The normalized spacial score (nSPS) is 10.4. The van der Waals surface area contributed by atoms with Crippen LogP contribution in [0.4, 0.5) is 10.1 Å². The van der Waals surface area contributed by atoms with E-state index < -0.39 is 0 Å². The number of hydrogen-bond acceptors (Lipinski definition) is 3. The number of aryl methyl sites for hydroxylation is 2. The summed E-state index contributed by atoms with van der Waals surface area (Å²) in [7, 11) is 0. The molecule has 0 atom stereocenters. The molecule has 0 saturated heterocycles. The number of thiazole rings is 1. The minimum atomic E-state index is -0.223. The van der Waals surface area contributed by atoms with Crippen molar-refractivity contribution >= 4 is 17.0 Å². The number of halogens is 1. The van der Waals surface area contributed by atoms with Crippen molar-refractivity contribution in [3.05, 3.63) is 45.7 Å². The third-order valence-corrected chi connectivity index (χ3v) is 3.19. The molecule has 0 saturated carbocycles. The summed E-state index contributed by atoms with van der Waals surface area (Å²) in [4.78, 5) is 4.31. The molecule has 0 aliphatic heterocycles. The fourth-order valence-electron chi connectivity index (χ4n) is 1.43. The molecule has 0 spiro atoms. The van der Waals surface area contributed by atoms with E-state index in [2.05, 4.69) is 10.3 Å². The Balaban J connectivity index is 2.07. The SMILES string of the molecule is Cc1ccc(F)c(NCc2nc(C)cs2)c1. The number of anilines is 1. The second-order valence-corrected chi connectivity index (χ2v) is 4.66. The van der Waals surface area contributed by atoms with Crippen LogP contribution in [0.15, 0.2) is 23.6 Å². The van der Waals surface area contributed by atoms with Gasteiger partial charge in [-0.3, -0.25) is 0 Å². The largest absolute Gasteiger partial charge is 0.376 e. The van der Waals surface area contributed by atoms with Gasteiger partial charge in [0.05, 0.1) is 12.2 Å². The molecule has 0 amide bonds. The van der Waals surface area contributed by atoms with Gasteiger partial charge in [-0.1, -0.05) is 6.07 Å². The van der Waals surface area contributed by atoms with E-state index in [-0.39, 0.29) is 5.82 Å². The number of rotatable bonds is 3. The quantitative estimate of drug-likeness (QED) is 0.882. The monoisotopic (exact) mass is 236 g/mol. The maximum Gasteiger partial charge on any atom is 0.146 e. The number of nitrogens with one attached hydrogen (secondary N) is 1. The molecule has 1 heterocycles. The molecule has 4 heteroatoms. The zero-order valence-corrected chi connectivity index (χ0v) is 10.1. The van der Waals surface area contributed by atoms with Crippen LogP contribution in [0.3, 0.4) is 0 Å². The highest BCUT2D eigenvalue weighted by molar-refractivity contribution is 7.09. The van der Waals surface area contributed by atoms with Crippen LogP contribution in [0.2, 0.25) is 0 Å². The highest BCUT2D eigenvalue weighted by Crippen LogP contribution is 2.17. The fourth-order valence-corrected chi connectivity index (χ4v) is 2.14. The zero-order valence-electron chi connectivity index (χ0n) is 9.25. The number of nitrogens with zero attached hydrogens (tertiary/aromatic N) is 1. The lowest BCUT2D eigenvalue weighted by molar-refractivity contribution is 0.629. The number of benzene rings is 1. The molecule has 2 rings (SSSR count). The van der Waals surface area contributed by atoms with Gasteiger partial charge in [-0.05, 0) is 31.5 Å². The maximum absolute atomic E-state index is 13.4. The Hall–Kier alpha value is -1.42. The first-order chi connectivity index (χ1) is 7.65. The van der Waals surface area contributed by atoms with Gasteiger partial charge < -0.3 is 5.32 Å². The van der Waals surface area contributed by atoms with Crippen molar-refractivity contribution in [2.75, 3.05) is 5.32 Å². The number of hydrogen-bond donors (Lipinski definition) is 1. The van der Waals surface area contributed by atoms with E-state index in [0.717, 1.165) is 16.3 Å². The molecule has 0 radical (unpaired) electrons. The lowest BCUT2D eigenvalue weighted by Crippen LogP contribution is -2.01. The average Bonchev–Trinajstić information content (AvgIpc) is 2.66. The molecule has 2 aromatic rings. The van der Waals surface area contributed by atoms with Crippen molar-refractivity contribution < 1.29 is 4.39 Å². The predicted octanol–water partition coefficient (Wildman–Crippen LogP) is 3.51. The van der Waals surface area contributed by atoms with Crippen molar-refractivity contribution in [2.45, 2.75) is 20.4 Å². The molecule has 0 aliphatic rings. The van der Waals surface area contributed by atoms with E-state index in [9.17, 15) is 4.39 Å². The van der Waals surface area contributed by atoms with Crippen LogP contribution >= 0.6 is 11.3 Å². The van der Waals surface area contributed by atoms with E-state index in [4.69, 9.17) is 0 Å². The molecule has 0 bridgehead atoms. The molecule has 84 valence electrons. The second kappa shape index (κ2) is 4.61. The summed E-state index contributed by atoms with van der Waals surface area (Å²) in [6.45, 7) is 4.46. The molecule has 0 aliphatic carbocycles. The lowest BCUT2D eigenvalue weighted by Gasteiger charge is -2.06. The van der Waals surface area contributed by atoms with Gasteiger partial charge in [-0.2, -0.15) is 0 Å². The highest BCUT2D eigenvalue weighted by atomic mass is 32.1. The minimum absolute atomic E-state index is 0.223. The molecule has 1 aromatic heterocycles. The van der Waals surface area contributed by atoms with E-state index in [1.54, 1.807) is 23.5 Å². The molecular weight excluding hydrogens is 223 g/mol. The zero-order chi connectivity index (χ0) is 11.5. The van der Waals surface area contributed by atoms with Gasteiger partial charge in [0, 0.05) is 11.1 Å². The third kappa shape index (κ3) is 2.58. The summed E-state index contributed by atoms with van der Waals surface area (Å²) in [6.07, 6.45) is 0. The summed E-state index contributed by atoms with van der Waals surface area (Å²) < 4.78 is 13.4. The topological polar surface area (TPSA) is 24.9 Å². The standard InChI is InChI=1S/C12H13FN2S/c1-8-3-4-10(13)11(5-8)14-6-12-15-9(2)7-16-12/h3-5,7,14H,6H2,1-2H3. The van der Waals surface area contributed by atoms with Crippen LogP contribution in [-0.4, -0.2) is 4.98 Å². The number of aromatic nitrogens is 1. The van der Waals surface area contributed by atoms with E-state index in [1.165, 1.54) is 6.07 Å². The van der Waals surface area contributed by atoms with E-state index >= 15 is 0 Å². The first-order valence-electron chi connectivity index (χ1n) is 5.06. The molecule has 1 aromatic carbocycles. The van der Waals surface area contributed by atoms with Gasteiger partial charge >= 0.3 is 0 Å². The maximum atomic E-state index is 13.4. The minimum Gasteiger partial charge on any atom is -0.376 e. The Kier molecular flexibility index (Phi) is 3.19. The Morgan fingerprint density at radius 3 is 2.88 bits per heavy atom. The fraction of sp³-hybridized carbons (Fsp3) is 0.250. The first kappa shape index (κ1) is 11.1. The van der Waals surface area contributed by atoms with Gasteiger partial charge in [-0.15, -0.1) is 11.3 Å². The van der Waals surface area contributed by atoms with Gasteiger partial charge in [0.25, 0.3) is 0 Å². The second-order valence-electron chi connectivity index (χ2n) is 3.72. The summed E-state index contributed by atoms with van der Waals surface area (Å²) in [5.74, 6) is -0.223. The Bertz CT molecular complexity index is 494. The summed E-state index contributed by atoms with van der Waals surface area (Å²) >= 11 is 1.58. The van der Waals surface area contributed by atoms with E-state index in [1.807, 2.05) is 19.2 Å². The van der Waals surface area contributed by atoms with E-state index in [0.29, 0.717) is 12.2 Å². The highest BCUT2D eigenvalue weighted by Gasteiger charge is 2.03. The van der Waals surface area contributed by atoms with Crippen LogP contribution < -0.4 is 5.32 Å². The van der Waals surface area contributed by atoms with Crippen LogP contribution in [0.5, 0.6) is 0 Å². The predicted molar refractivity (Wildman–Crippen MR) is 65.3 cm³/mol. The first-order valence-corrected chi connectivity index (χ1v) is 5.94. The van der Waals surface area contributed by atoms with Crippen molar-refractivity contribution in [1.82, 2.24) is 4.98 Å². The average molecular weight is 236 g/mol. The molecule has 0 fully saturated rings. The summed E-state index contributed by atoms with van der Waals surface area (Å²) in [5.41, 5.74) is 2.58. The van der Waals surface area contributed by atoms with Crippen molar-refractivity contribution in [3.8, 4) is 0 Å². The van der Waals surface area contributed by atoms with Crippen LogP contribution in [0.25, 0.3) is 0 Å². The molecule has 2 nitrogen and oxygen atoms in total. The summed E-state index contributed by atoms with van der Waals surface area (Å²) in [5, 5.41) is 6.02. The van der Waals surface area contributed by atoms with Gasteiger partial charge in [0.1, 0.15) is 10.8 Å². The van der Waals surface area contributed by atoms with Crippen molar-refractivity contribution in [3.63, 3.8) is 0 Å².